The van der Waals surface area contributed by atoms with Crippen LogP contribution in [0.25, 0.3) is 0 Å². The summed E-state index contributed by atoms with van der Waals surface area (Å²) in [6.07, 6.45) is 2.49. The Bertz CT molecular complexity index is 1170. The molecule has 1 N–H and O–H groups in total. The van der Waals surface area contributed by atoms with Gasteiger partial charge in [-0.3, -0.25) is 10.1 Å². The first-order chi connectivity index (χ1) is 14.5. The average Bonchev–Trinajstić information content (AvgIpc) is 3.28. The summed E-state index contributed by atoms with van der Waals surface area (Å²) in [4.78, 5) is 18.2. The molecule has 30 heavy (non-hydrogen) atoms. The number of nitrogens with zero attached hydrogens (tertiary/aromatic N) is 3. The SMILES string of the molecule is Cc1nn(Cc2ccccc2)c(Cl)c1C(=O)Nc1ncc(Cc2ccc(Cl)cc2)s1. The fraction of sp³-hybridized carbons (Fsp3) is 0.136. The highest BCUT2D eigenvalue weighted by Crippen LogP contribution is 2.25. The lowest BCUT2D eigenvalue weighted by atomic mass is 10.1. The van der Waals surface area contributed by atoms with Crippen LogP contribution in [-0.4, -0.2) is 20.7 Å². The highest BCUT2D eigenvalue weighted by Gasteiger charge is 2.21. The van der Waals surface area contributed by atoms with Crippen molar-refractivity contribution in [2.24, 2.45) is 0 Å². The predicted molar refractivity (Wildman–Crippen MR) is 122 cm³/mol. The van der Waals surface area contributed by atoms with Crippen LogP contribution in [0.15, 0.2) is 60.8 Å². The van der Waals surface area contributed by atoms with Crippen LogP contribution in [0.1, 0.15) is 32.1 Å². The normalized spacial score (nSPS) is 10.9. The topological polar surface area (TPSA) is 59.8 Å². The molecule has 0 fully saturated rings. The standard InChI is InChI=1S/C22H18Cl2N4OS/c1-14-19(20(24)28(27-14)13-16-5-3-2-4-6-16)21(29)26-22-25-12-18(30-22)11-15-7-9-17(23)10-8-15/h2-10,12H,11,13H2,1H3,(H,25,26,29). The Labute approximate surface area is 188 Å². The lowest BCUT2D eigenvalue weighted by Gasteiger charge is -2.04. The molecular formula is C22H18Cl2N4OS. The third-order valence-electron chi connectivity index (χ3n) is 4.53. The van der Waals surface area contributed by atoms with Crippen LogP contribution < -0.4 is 5.32 Å². The smallest absolute Gasteiger partial charge is 0.262 e. The number of anilines is 1. The van der Waals surface area contributed by atoms with E-state index in [4.69, 9.17) is 23.2 Å². The number of nitrogens with one attached hydrogen (secondary N) is 1. The molecule has 152 valence electrons. The van der Waals surface area contributed by atoms with Crippen molar-refractivity contribution >= 4 is 45.6 Å². The highest BCUT2D eigenvalue weighted by molar-refractivity contribution is 7.15. The highest BCUT2D eigenvalue weighted by atomic mass is 35.5. The van der Waals surface area contributed by atoms with Crippen LogP contribution in [0.2, 0.25) is 10.2 Å². The number of amides is 1. The molecule has 0 radical (unpaired) electrons. The Kier molecular flexibility index (Phi) is 6.18. The molecule has 0 saturated carbocycles. The van der Waals surface area contributed by atoms with Gasteiger partial charge in [-0.2, -0.15) is 5.10 Å². The summed E-state index contributed by atoms with van der Waals surface area (Å²) in [5.74, 6) is -0.316. The Morgan fingerprint density at radius 2 is 1.80 bits per heavy atom. The van der Waals surface area contributed by atoms with E-state index < -0.39 is 0 Å². The quantitative estimate of drug-likeness (QED) is 0.395. The Hall–Kier alpha value is -2.67. The van der Waals surface area contributed by atoms with Crippen molar-refractivity contribution < 1.29 is 4.79 Å². The maximum absolute atomic E-state index is 12.8. The number of hydrogen-bond donors (Lipinski definition) is 1. The fourth-order valence-electron chi connectivity index (χ4n) is 3.08. The van der Waals surface area contributed by atoms with E-state index in [9.17, 15) is 4.79 Å². The summed E-state index contributed by atoms with van der Waals surface area (Å²) < 4.78 is 1.63. The lowest BCUT2D eigenvalue weighted by Crippen LogP contribution is -2.13. The molecule has 2 aromatic heterocycles. The Morgan fingerprint density at radius 3 is 2.53 bits per heavy atom. The van der Waals surface area contributed by atoms with Gasteiger partial charge < -0.3 is 0 Å². The molecule has 0 aliphatic carbocycles. The van der Waals surface area contributed by atoms with E-state index in [2.05, 4.69) is 15.4 Å². The number of aryl methyl sites for hydroxylation is 1. The van der Waals surface area contributed by atoms with E-state index in [-0.39, 0.29) is 5.91 Å². The first kappa shape index (κ1) is 20.6. The molecule has 0 spiro atoms. The van der Waals surface area contributed by atoms with Gasteiger partial charge in [0.25, 0.3) is 5.91 Å². The molecule has 5 nitrogen and oxygen atoms in total. The van der Waals surface area contributed by atoms with E-state index in [0.29, 0.717) is 33.1 Å². The number of benzene rings is 2. The third kappa shape index (κ3) is 4.73. The minimum Gasteiger partial charge on any atom is -0.298 e. The first-order valence-corrected chi connectivity index (χ1v) is 10.8. The maximum atomic E-state index is 12.8. The van der Waals surface area contributed by atoms with Gasteiger partial charge >= 0.3 is 0 Å². The molecule has 0 saturated heterocycles. The number of aromatic nitrogens is 3. The minimum absolute atomic E-state index is 0.312. The van der Waals surface area contributed by atoms with Gasteiger partial charge in [0.05, 0.1) is 17.8 Å². The van der Waals surface area contributed by atoms with Crippen LogP contribution in [0, 0.1) is 6.92 Å². The molecule has 2 aromatic carbocycles. The predicted octanol–water partition coefficient (Wildman–Crippen LogP) is 5.85. The lowest BCUT2D eigenvalue weighted by molar-refractivity contribution is 0.102. The van der Waals surface area contributed by atoms with Gasteiger partial charge in [0.15, 0.2) is 5.13 Å². The van der Waals surface area contributed by atoms with E-state index in [0.717, 1.165) is 22.4 Å². The van der Waals surface area contributed by atoms with Crippen molar-refractivity contribution in [1.29, 1.82) is 0 Å². The number of halogens is 2. The van der Waals surface area contributed by atoms with Crippen molar-refractivity contribution in [3.8, 4) is 0 Å². The molecule has 0 unspecified atom stereocenters. The zero-order chi connectivity index (χ0) is 21.1. The second-order valence-electron chi connectivity index (χ2n) is 6.78. The van der Waals surface area contributed by atoms with Crippen LogP contribution in [0.3, 0.4) is 0 Å². The number of hydrogen-bond acceptors (Lipinski definition) is 4. The second kappa shape index (κ2) is 9.00. The monoisotopic (exact) mass is 456 g/mol. The molecule has 0 aliphatic rings. The Balaban J connectivity index is 1.46. The maximum Gasteiger partial charge on any atom is 0.262 e. The number of thiazole rings is 1. The second-order valence-corrected chi connectivity index (χ2v) is 8.69. The van der Waals surface area contributed by atoms with Crippen molar-refractivity contribution in [3.05, 3.63) is 98.2 Å². The van der Waals surface area contributed by atoms with Gasteiger partial charge in [-0.15, -0.1) is 11.3 Å². The number of carbonyl (C=O) groups excluding carboxylic acids is 1. The molecule has 2 heterocycles. The summed E-state index contributed by atoms with van der Waals surface area (Å²) in [6.45, 7) is 2.27. The summed E-state index contributed by atoms with van der Waals surface area (Å²) in [5, 5.41) is 8.81. The number of carbonyl (C=O) groups is 1. The van der Waals surface area contributed by atoms with Gasteiger partial charge in [0.1, 0.15) is 5.15 Å². The summed E-state index contributed by atoms with van der Waals surface area (Å²) in [5.41, 5.74) is 3.12. The van der Waals surface area contributed by atoms with Crippen LogP contribution in [-0.2, 0) is 13.0 Å². The van der Waals surface area contributed by atoms with Crippen molar-refractivity contribution in [2.75, 3.05) is 5.32 Å². The average molecular weight is 457 g/mol. The first-order valence-electron chi connectivity index (χ1n) is 9.27. The molecule has 4 aromatic rings. The van der Waals surface area contributed by atoms with Crippen molar-refractivity contribution in [1.82, 2.24) is 14.8 Å². The van der Waals surface area contributed by atoms with Crippen LogP contribution >= 0.6 is 34.5 Å². The van der Waals surface area contributed by atoms with E-state index in [1.54, 1.807) is 17.8 Å². The molecule has 8 heteroatoms. The summed E-state index contributed by atoms with van der Waals surface area (Å²) in [7, 11) is 0. The third-order valence-corrected chi connectivity index (χ3v) is 6.08. The van der Waals surface area contributed by atoms with Crippen LogP contribution in [0.4, 0.5) is 5.13 Å². The molecule has 1 amide bonds. The number of rotatable bonds is 6. The zero-order valence-electron chi connectivity index (χ0n) is 16.1. The molecule has 0 bridgehead atoms. The molecule has 0 atom stereocenters. The van der Waals surface area contributed by atoms with E-state index >= 15 is 0 Å². The molecule has 0 aliphatic heterocycles. The molecule has 4 rings (SSSR count). The van der Waals surface area contributed by atoms with E-state index in [1.165, 1.54) is 11.3 Å². The Morgan fingerprint density at radius 1 is 1.07 bits per heavy atom. The molecular weight excluding hydrogens is 439 g/mol. The van der Waals surface area contributed by atoms with Gasteiger partial charge in [0, 0.05) is 22.5 Å². The van der Waals surface area contributed by atoms with Gasteiger partial charge in [-0.25, -0.2) is 9.67 Å². The zero-order valence-corrected chi connectivity index (χ0v) is 18.4. The van der Waals surface area contributed by atoms with Crippen LogP contribution in [0.5, 0.6) is 0 Å². The van der Waals surface area contributed by atoms with Crippen molar-refractivity contribution in [3.63, 3.8) is 0 Å². The van der Waals surface area contributed by atoms with Crippen molar-refractivity contribution in [2.45, 2.75) is 19.9 Å². The van der Waals surface area contributed by atoms with E-state index in [1.807, 2.05) is 54.6 Å². The largest absolute Gasteiger partial charge is 0.298 e. The van der Waals surface area contributed by atoms with Gasteiger partial charge in [0.2, 0.25) is 0 Å². The summed E-state index contributed by atoms with van der Waals surface area (Å²) in [6, 6.07) is 17.5. The van der Waals surface area contributed by atoms with Gasteiger partial charge in [-0.1, -0.05) is 65.7 Å². The summed E-state index contributed by atoms with van der Waals surface area (Å²) >= 11 is 13.8. The van der Waals surface area contributed by atoms with Gasteiger partial charge in [-0.05, 0) is 30.2 Å². The minimum atomic E-state index is -0.316. The fourth-order valence-corrected chi connectivity index (χ4v) is 4.37.